The lowest BCUT2D eigenvalue weighted by Gasteiger charge is -2.14. The Balaban J connectivity index is 2.50. The summed E-state index contributed by atoms with van der Waals surface area (Å²) in [6.07, 6.45) is -0.0421. The summed E-state index contributed by atoms with van der Waals surface area (Å²) in [5.74, 6) is -1.60. The van der Waals surface area contributed by atoms with E-state index in [0.29, 0.717) is 5.56 Å². The Kier molecular flexibility index (Phi) is 5.49. The summed E-state index contributed by atoms with van der Waals surface area (Å²) in [6, 6.07) is 6.76. The van der Waals surface area contributed by atoms with E-state index in [1.807, 2.05) is 5.32 Å². The Bertz CT molecular complexity index is 461. The summed E-state index contributed by atoms with van der Waals surface area (Å²) in [5, 5.41) is 13.7. The number of hydrogen-bond donors (Lipinski definition) is 4. The van der Waals surface area contributed by atoms with E-state index in [-0.39, 0.29) is 13.0 Å². The topological polar surface area (TPSA) is 122 Å². The fourth-order valence-electron chi connectivity index (χ4n) is 1.52. The number of primary amides is 1. The molecule has 0 spiro atoms. The van der Waals surface area contributed by atoms with E-state index in [0.717, 1.165) is 0 Å². The number of imide groups is 1. The molecule has 19 heavy (non-hydrogen) atoms. The average Bonchev–Trinajstić information content (AvgIpc) is 2.34. The highest BCUT2D eigenvalue weighted by Gasteiger charge is 2.18. The highest BCUT2D eigenvalue weighted by molar-refractivity contribution is 5.93. The van der Waals surface area contributed by atoms with Gasteiger partial charge in [0.2, 0.25) is 5.91 Å². The van der Waals surface area contributed by atoms with Crippen molar-refractivity contribution in [2.45, 2.75) is 12.5 Å². The first-order valence-corrected chi connectivity index (χ1v) is 5.61. The molecule has 1 atom stereocenters. The van der Waals surface area contributed by atoms with Crippen molar-refractivity contribution < 1.29 is 19.5 Å². The number of carboxylic acids is 1. The van der Waals surface area contributed by atoms with Crippen molar-refractivity contribution in [3.05, 3.63) is 35.9 Å². The molecule has 0 radical (unpaired) electrons. The van der Waals surface area contributed by atoms with Crippen molar-refractivity contribution in [1.82, 2.24) is 10.6 Å². The molecule has 1 aromatic carbocycles. The molecule has 0 saturated carbocycles. The fourth-order valence-corrected chi connectivity index (χ4v) is 1.52. The number of carbonyl (C=O) groups excluding carboxylic acids is 2. The number of aliphatic carboxylic acids is 1. The van der Waals surface area contributed by atoms with Crippen LogP contribution >= 0.6 is 0 Å². The van der Waals surface area contributed by atoms with Gasteiger partial charge in [0, 0.05) is 13.0 Å². The Morgan fingerprint density at radius 3 is 2.37 bits per heavy atom. The number of carbonyl (C=O) groups is 3. The zero-order valence-electron chi connectivity index (χ0n) is 10.1. The van der Waals surface area contributed by atoms with Crippen LogP contribution in [0.5, 0.6) is 0 Å². The number of nitrogens with two attached hydrogens (primary N) is 1. The summed E-state index contributed by atoms with van der Waals surface area (Å²) >= 11 is 0. The van der Waals surface area contributed by atoms with E-state index in [1.165, 1.54) is 0 Å². The van der Waals surface area contributed by atoms with Gasteiger partial charge in [-0.05, 0) is 5.56 Å². The lowest BCUT2D eigenvalue weighted by molar-refractivity contribution is -0.139. The molecule has 1 unspecified atom stereocenters. The third-order valence-corrected chi connectivity index (χ3v) is 2.34. The van der Waals surface area contributed by atoms with Gasteiger partial charge in [0.1, 0.15) is 6.04 Å². The maximum Gasteiger partial charge on any atom is 0.325 e. The van der Waals surface area contributed by atoms with Crippen LogP contribution in [0.4, 0.5) is 4.79 Å². The van der Waals surface area contributed by atoms with Crippen LogP contribution in [0.3, 0.4) is 0 Å². The van der Waals surface area contributed by atoms with Crippen molar-refractivity contribution in [1.29, 1.82) is 0 Å². The van der Waals surface area contributed by atoms with Crippen molar-refractivity contribution in [2.75, 3.05) is 6.54 Å². The number of rotatable bonds is 6. The lowest BCUT2D eigenvalue weighted by Crippen LogP contribution is -2.37. The van der Waals surface area contributed by atoms with Gasteiger partial charge in [0.15, 0.2) is 0 Å². The van der Waals surface area contributed by atoms with Crippen molar-refractivity contribution >= 4 is 17.9 Å². The molecule has 0 aliphatic heterocycles. The van der Waals surface area contributed by atoms with Crippen LogP contribution in [0, 0.1) is 0 Å². The molecule has 7 heteroatoms. The van der Waals surface area contributed by atoms with Crippen LogP contribution in [0.15, 0.2) is 30.3 Å². The Morgan fingerprint density at radius 2 is 1.84 bits per heavy atom. The van der Waals surface area contributed by atoms with Gasteiger partial charge in [-0.15, -0.1) is 0 Å². The molecule has 7 nitrogen and oxygen atoms in total. The molecule has 0 aliphatic carbocycles. The second-order valence-electron chi connectivity index (χ2n) is 3.80. The molecule has 1 aromatic rings. The van der Waals surface area contributed by atoms with Gasteiger partial charge in [-0.3, -0.25) is 14.9 Å². The number of urea groups is 1. The standard InChI is InChI=1S/C12H15N3O4/c13-12(19)15-9(16)6-7-14-10(11(17)18)8-4-2-1-3-5-8/h1-5,10,14H,6-7H2,(H,17,18)(H3,13,15,16,19). The van der Waals surface area contributed by atoms with E-state index in [9.17, 15) is 14.4 Å². The van der Waals surface area contributed by atoms with Gasteiger partial charge in [0.05, 0.1) is 0 Å². The molecular formula is C12H15N3O4. The van der Waals surface area contributed by atoms with Gasteiger partial charge < -0.3 is 16.2 Å². The molecule has 3 amide bonds. The molecular weight excluding hydrogens is 250 g/mol. The Hall–Kier alpha value is -2.41. The summed E-state index contributed by atoms with van der Waals surface area (Å²) < 4.78 is 0. The Labute approximate surface area is 109 Å². The largest absolute Gasteiger partial charge is 0.480 e. The van der Waals surface area contributed by atoms with E-state index in [4.69, 9.17) is 10.8 Å². The SMILES string of the molecule is NC(=O)NC(=O)CCNC(C(=O)O)c1ccccc1. The predicted octanol–water partition coefficient (Wildman–Crippen LogP) is -0.0131. The highest BCUT2D eigenvalue weighted by atomic mass is 16.4. The molecule has 0 aromatic heterocycles. The number of nitrogens with one attached hydrogen (secondary N) is 2. The minimum absolute atomic E-state index is 0.0421. The average molecular weight is 265 g/mol. The molecule has 1 rings (SSSR count). The lowest BCUT2D eigenvalue weighted by atomic mass is 10.1. The van der Waals surface area contributed by atoms with Gasteiger partial charge in [-0.25, -0.2) is 4.79 Å². The molecule has 5 N–H and O–H groups in total. The zero-order valence-corrected chi connectivity index (χ0v) is 10.1. The van der Waals surface area contributed by atoms with Crippen molar-refractivity contribution in [3.8, 4) is 0 Å². The van der Waals surface area contributed by atoms with E-state index < -0.39 is 23.9 Å². The maximum atomic E-state index is 11.1. The molecule has 102 valence electrons. The first-order chi connectivity index (χ1) is 9.00. The van der Waals surface area contributed by atoms with Crippen LogP contribution in [0.2, 0.25) is 0 Å². The molecule has 0 saturated heterocycles. The predicted molar refractivity (Wildman–Crippen MR) is 67.2 cm³/mol. The van der Waals surface area contributed by atoms with Crippen LogP contribution in [-0.2, 0) is 9.59 Å². The first kappa shape index (κ1) is 14.7. The number of carboxylic acid groups (broad SMARTS) is 1. The fraction of sp³-hybridized carbons (Fsp3) is 0.250. The van der Waals surface area contributed by atoms with Gasteiger partial charge in [-0.2, -0.15) is 0 Å². The second kappa shape index (κ2) is 7.12. The quantitative estimate of drug-likeness (QED) is 0.576. The molecule has 0 aliphatic rings. The smallest absolute Gasteiger partial charge is 0.325 e. The minimum atomic E-state index is -1.04. The molecule has 0 fully saturated rings. The maximum absolute atomic E-state index is 11.1. The second-order valence-corrected chi connectivity index (χ2v) is 3.80. The van der Waals surface area contributed by atoms with E-state index in [2.05, 4.69) is 5.32 Å². The molecule has 0 heterocycles. The van der Waals surface area contributed by atoms with Crippen LogP contribution in [0.25, 0.3) is 0 Å². The summed E-state index contributed by atoms with van der Waals surface area (Å²) in [4.78, 5) is 32.7. The summed E-state index contributed by atoms with van der Waals surface area (Å²) in [5.41, 5.74) is 5.37. The van der Waals surface area contributed by atoms with Crippen molar-refractivity contribution in [3.63, 3.8) is 0 Å². The summed E-state index contributed by atoms with van der Waals surface area (Å²) in [6.45, 7) is 0.116. The first-order valence-electron chi connectivity index (χ1n) is 5.61. The van der Waals surface area contributed by atoms with Gasteiger partial charge in [-0.1, -0.05) is 30.3 Å². The van der Waals surface area contributed by atoms with Crippen LogP contribution in [0.1, 0.15) is 18.0 Å². The number of amides is 3. The zero-order chi connectivity index (χ0) is 14.3. The van der Waals surface area contributed by atoms with Gasteiger partial charge in [0.25, 0.3) is 0 Å². The third-order valence-electron chi connectivity index (χ3n) is 2.34. The number of benzene rings is 1. The van der Waals surface area contributed by atoms with E-state index >= 15 is 0 Å². The monoisotopic (exact) mass is 265 g/mol. The Morgan fingerprint density at radius 1 is 1.21 bits per heavy atom. The van der Waals surface area contributed by atoms with Gasteiger partial charge >= 0.3 is 12.0 Å². The van der Waals surface area contributed by atoms with Crippen LogP contribution < -0.4 is 16.4 Å². The third kappa shape index (κ3) is 5.17. The normalized spacial score (nSPS) is 11.6. The van der Waals surface area contributed by atoms with Crippen molar-refractivity contribution in [2.24, 2.45) is 5.73 Å². The van der Waals surface area contributed by atoms with E-state index in [1.54, 1.807) is 30.3 Å². The number of hydrogen-bond acceptors (Lipinski definition) is 4. The minimum Gasteiger partial charge on any atom is -0.480 e. The van der Waals surface area contributed by atoms with Crippen LogP contribution in [-0.4, -0.2) is 29.6 Å². The molecule has 0 bridgehead atoms. The highest BCUT2D eigenvalue weighted by Crippen LogP contribution is 2.12. The summed E-state index contributed by atoms with van der Waals surface area (Å²) in [7, 11) is 0.